The fourth-order valence-electron chi connectivity index (χ4n) is 2.59. The van der Waals surface area contributed by atoms with Gasteiger partial charge in [-0.05, 0) is 59.3 Å². The topological polar surface area (TPSA) is 134 Å². The number of carbonyl (C=O) groups is 2. The van der Waals surface area contributed by atoms with Gasteiger partial charge in [0.15, 0.2) is 0 Å². The van der Waals surface area contributed by atoms with E-state index in [9.17, 15) is 18.0 Å². The fourth-order valence-corrected chi connectivity index (χ4v) is 2.87. The molecule has 29 heavy (non-hydrogen) atoms. The average molecular weight is 415 g/mol. The van der Waals surface area contributed by atoms with Crippen molar-refractivity contribution in [2.75, 3.05) is 10.6 Å². The highest BCUT2D eigenvalue weighted by atomic mass is 32.2. The monoisotopic (exact) mass is 415 g/mol. The molecule has 3 aromatic rings. The van der Waals surface area contributed by atoms with Crippen LogP contribution in [0.4, 0.5) is 16.2 Å². The Hall–Kier alpha value is -3.63. The highest BCUT2D eigenvalue weighted by molar-refractivity contribution is 7.84. The number of rotatable bonds is 5. The number of benzene rings is 3. The van der Waals surface area contributed by atoms with Gasteiger partial charge in [-0.2, -0.15) is 8.42 Å². The van der Waals surface area contributed by atoms with Crippen LogP contribution < -0.4 is 20.1 Å². The van der Waals surface area contributed by atoms with Crippen LogP contribution in [-0.4, -0.2) is 24.9 Å². The molecular weight excluding hydrogens is 398 g/mol. The standard InChI is InChI=1S/C19H17N3O6S/c1-12(23)20-15-5-8-17(9-6-15)28-18-7-3-13-2-4-16(10-14(13)11-18)21-19(24)22-29(25,26)27/h2-11H,1H3,(H,20,23)(H2,21,22,24)(H,25,26,27). The molecule has 0 atom stereocenters. The third-order valence-electron chi connectivity index (χ3n) is 3.70. The first kappa shape index (κ1) is 20.1. The quantitative estimate of drug-likeness (QED) is 0.471. The number of urea groups is 1. The summed E-state index contributed by atoms with van der Waals surface area (Å²) in [6.45, 7) is 1.43. The Labute approximate surface area is 166 Å². The maximum Gasteiger partial charge on any atom is 0.361 e. The van der Waals surface area contributed by atoms with E-state index in [-0.39, 0.29) is 5.91 Å². The van der Waals surface area contributed by atoms with Crippen LogP contribution in [0.1, 0.15) is 6.92 Å². The summed E-state index contributed by atoms with van der Waals surface area (Å²) in [5.74, 6) is 0.951. The van der Waals surface area contributed by atoms with Crippen molar-refractivity contribution in [2.24, 2.45) is 0 Å². The third kappa shape index (κ3) is 5.92. The lowest BCUT2D eigenvalue weighted by Crippen LogP contribution is -2.33. The number of hydrogen-bond acceptors (Lipinski definition) is 5. The van der Waals surface area contributed by atoms with E-state index in [1.54, 1.807) is 54.6 Å². The lowest BCUT2D eigenvalue weighted by atomic mass is 10.1. The van der Waals surface area contributed by atoms with Gasteiger partial charge in [-0.1, -0.05) is 12.1 Å². The number of anilines is 2. The first-order chi connectivity index (χ1) is 13.7. The molecule has 0 fully saturated rings. The number of ether oxygens (including phenoxy) is 1. The second-order valence-corrected chi connectivity index (χ2v) is 7.22. The average Bonchev–Trinajstić information content (AvgIpc) is 2.61. The summed E-state index contributed by atoms with van der Waals surface area (Å²) >= 11 is 0. The molecular formula is C19H17N3O6S. The van der Waals surface area contributed by atoms with Crippen molar-refractivity contribution < 1.29 is 27.3 Å². The first-order valence-corrected chi connectivity index (χ1v) is 9.77. The van der Waals surface area contributed by atoms with Crippen LogP contribution in [0.15, 0.2) is 60.7 Å². The van der Waals surface area contributed by atoms with E-state index in [0.717, 1.165) is 10.8 Å². The van der Waals surface area contributed by atoms with E-state index in [2.05, 4.69) is 10.6 Å². The number of hydrogen-bond donors (Lipinski definition) is 4. The van der Waals surface area contributed by atoms with Gasteiger partial charge in [-0.15, -0.1) is 0 Å². The van der Waals surface area contributed by atoms with Crippen LogP contribution in [0, 0.1) is 0 Å². The van der Waals surface area contributed by atoms with Gasteiger partial charge in [0.05, 0.1) is 0 Å². The minimum absolute atomic E-state index is 0.164. The maximum atomic E-state index is 11.6. The molecule has 150 valence electrons. The van der Waals surface area contributed by atoms with Crippen molar-refractivity contribution in [3.8, 4) is 11.5 Å². The fraction of sp³-hybridized carbons (Fsp3) is 0.0526. The molecule has 4 N–H and O–H groups in total. The maximum absolute atomic E-state index is 11.6. The van der Waals surface area contributed by atoms with E-state index in [4.69, 9.17) is 9.29 Å². The Bertz CT molecular complexity index is 1180. The lowest BCUT2D eigenvalue weighted by molar-refractivity contribution is -0.114. The molecule has 0 aliphatic heterocycles. The molecule has 10 heteroatoms. The number of carbonyl (C=O) groups excluding carboxylic acids is 2. The van der Waals surface area contributed by atoms with Crippen molar-refractivity contribution in [1.29, 1.82) is 0 Å². The molecule has 0 aromatic heterocycles. The molecule has 0 aliphatic carbocycles. The lowest BCUT2D eigenvalue weighted by Gasteiger charge is -2.10. The molecule has 9 nitrogen and oxygen atoms in total. The van der Waals surface area contributed by atoms with Crippen molar-refractivity contribution in [3.63, 3.8) is 0 Å². The molecule has 0 radical (unpaired) electrons. The van der Waals surface area contributed by atoms with Crippen LogP contribution in [0.3, 0.4) is 0 Å². The van der Waals surface area contributed by atoms with Gasteiger partial charge in [0.1, 0.15) is 11.5 Å². The molecule has 0 heterocycles. The van der Waals surface area contributed by atoms with E-state index in [1.807, 2.05) is 6.07 Å². The molecule has 0 saturated carbocycles. The molecule has 3 aromatic carbocycles. The summed E-state index contributed by atoms with van der Waals surface area (Å²) in [5, 5.41) is 6.60. The summed E-state index contributed by atoms with van der Waals surface area (Å²) in [4.78, 5) is 22.6. The predicted octanol–water partition coefficient (Wildman–Crippen LogP) is 3.51. The third-order valence-corrected chi connectivity index (χ3v) is 4.14. The zero-order chi connectivity index (χ0) is 21.0. The van der Waals surface area contributed by atoms with Gasteiger partial charge in [0.2, 0.25) is 5.91 Å². The van der Waals surface area contributed by atoms with Crippen molar-refractivity contribution in [2.45, 2.75) is 6.92 Å². The zero-order valence-corrected chi connectivity index (χ0v) is 16.0. The van der Waals surface area contributed by atoms with Crippen LogP contribution in [0.2, 0.25) is 0 Å². The summed E-state index contributed by atoms with van der Waals surface area (Å²) in [7, 11) is -4.64. The largest absolute Gasteiger partial charge is 0.457 e. The van der Waals surface area contributed by atoms with E-state index in [0.29, 0.717) is 22.9 Å². The van der Waals surface area contributed by atoms with Gasteiger partial charge in [0.25, 0.3) is 0 Å². The Morgan fingerprint density at radius 2 is 1.45 bits per heavy atom. The van der Waals surface area contributed by atoms with Gasteiger partial charge < -0.3 is 15.4 Å². The molecule has 0 bridgehead atoms. The summed E-state index contributed by atoms with van der Waals surface area (Å²) in [6, 6.07) is 16.1. The molecule has 0 spiro atoms. The smallest absolute Gasteiger partial charge is 0.361 e. The minimum atomic E-state index is -4.64. The summed E-state index contributed by atoms with van der Waals surface area (Å²) in [5.41, 5.74) is 0.984. The van der Waals surface area contributed by atoms with Gasteiger partial charge >= 0.3 is 16.3 Å². The number of fused-ring (bicyclic) bond motifs is 1. The molecule has 3 amide bonds. The zero-order valence-electron chi connectivity index (χ0n) is 15.2. The SMILES string of the molecule is CC(=O)Nc1ccc(Oc2ccc3ccc(NC(=O)NS(=O)(=O)O)cc3c2)cc1. The Kier molecular flexibility index (Phi) is 5.66. The Morgan fingerprint density at radius 3 is 2.10 bits per heavy atom. The Balaban J connectivity index is 1.76. The van der Waals surface area contributed by atoms with Gasteiger partial charge in [-0.25, -0.2) is 9.52 Å². The van der Waals surface area contributed by atoms with E-state index < -0.39 is 16.3 Å². The summed E-state index contributed by atoms with van der Waals surface area (Å²) < 4.78 is 37.2. The normalized spacial score (nSPS) is 11.0. The van der Waals surface area contributed by atoms with E-state index >= 15 is 0 Å². The van der Waals surface area contributed by atoms with Crippen LogP contribution >= 0.6 is 0 Å². The molecule has 0 saturated heterocycles. The number of nitrogens with one attached hydrogen (secondary N) is 3. The number of amides is 3. The minimum Gasteiger partial charge on any atom is -0.457 e. The van der Waals surface area contributed by atoms with Crippen LogP contribution in [-0.2, 0) is 15.1 Å². The van der Waals surface area contributed by atoms with Gasteiger partial charge in [-0.3, -0.25) is 9.35 Å². The molecule has 0 unspecified atom stereocenters. The van der Waals surface area contributed by atoms with Crippen molar-refractivity contribution >= 4 is 44.4 Å². The van der Waals surface area contributed by atoms with Crippen molar-refractivity contribution in [1.82, 2.24) is 4.72 Å². The van der Waals surface area contributed by atoms with Crippen LogP contribution in [0.25, 0.3) is 10.8 Å². The van der Waals surface area contributed by atoms with E-state index in [1.165, 1.54) is 11.6 Å². The van der Waals surface area contributed by atoms with Gasteiger partial charge in [0, 0.05) is 18.3 Å². The highest BCUT2D eigenvalue weighted by Crippen LogP contribution is 2.28. The Morgan fingerprint density at radius 1 is 0.828 bits per heavy atom. The summed E-state index contributed by atoms with van der Waals surface area (Å²) in [6.07, 6.45) is 0. The van der Waals surface area contributed by atoms with Crippen molar-refractivity contribution in [3.05, 3.63) is 60.7 Å². The van der Waals surface area contributed by atoms with Crippen LogP contribution in [0.5, 0.6) is 11.5 Å². The highest BCUT2D eigenvalue weighted by Gasteiger charge is 2.10. The predicted molar refractivity (Wildman–Crippen MR) is 108 cm³/mol. The molecule has 3 rings (SSSR count). The first-order valence-electron chi connectivity index (χ1n) is 8.33. The molecule has 0 aliphatic rings. The second kappa shape index (κ2) is 8.17. The second-order valence-electron chi connectivity index (χ2n) is 6.06.